The van der Waals surface area contributed by atoms with Gasteiger partial charge in [0.2, 0.25) is 5.91 Å². The summed E-state index contributed by atoms with van der Waals surface area (Å²) in [6, 6.07) is 0.186. The van der Waals surface area contributed by atoms with Crippen LogP contribution in [0, 0.1) is 0 Å². The summed E-state index contributed by atoms with van der Waals surface area (Å²) in [5, 5.41) is 0. The lowest BCUT2D eigenvalue weighted by Gasteiger charge is -2.32. The summed E-state index contributed by atoms with van der Waals surface area (Å²) in [5.74, 6) is 0.114. The van der Waals surface area contributed by atoms with Crippen LogP contribution in [-0.4, -0.2) is 67.2 Å². The number of nitrogens with two attached hydrogens (primary N) is 1. The van der Waals surface area contributed by atoms with E-state index < -0.39 is 0 Å². The molecule has 1 unspecified atom stereocenters. The molecule has 19 heavy (non-hydrogen) atoms. The maximum Gasteiger partial charge on any atom is 0.239 e. The number of carbonyl (C=O) groups excluding carboxylic acids is 1. The number of carbonyl (C=O) groups is 1. The van der Waals surface area contributed by atoms with Gasteiger partial charge in [0.05, 0.1) is 19.3 Å². The highest BCUT2D eigenvalue weighted by atomic mass is 35.5. The monoisotopic (exact) mass is 313 g/mol. The molecule has 0 spiro atoms. The van der Waals surface area contributed by atoms with E-state index in [-0.39, 0.29) is 36.8 Å². The summed E-state index contributed by atoms with van der Waals surface area (Å²) in [4.78, 5) is 16.3. The first-order valence-electron chi connectivity index (χ1n) is 6.58. The Morgan fingerprint density at radius 1 is 1.32 bits per heavy atom. The second kappa shape index (κ2) is 8.97. The van der Waals surface area contributed by atoms with E-state index in [1.54, 1.807) is 0 Å². The van der Waals surface area contributed by atoms with Crippen LogP contribution in [0.3, 0.4) is 0 Å². The molecule has 7 heteroatoms. The fourth-order valence-corrected chi connectivity index (χ4v) is 2.59. The van der Waals surface area contributed by atoms with Gasteiger partial charge >= 0.3 is 0 Å². The lowest BCUT2D eigenvalue weighted by molar-refractivity contribution is -0.131. The Labute approximate surface area is 127 Å². The average Bonchev–Trinajstić information content (AvgIpc) is 2.87. The number of ether oxygens (including phenoxy) is 1. The van der Waals surface area contributed by atoms with Gasteiger partial charge in [0.25, 0.3) is 0 Å². The molecule has 2 fully saturated rings. The minimum absolute atomic E-state index is 0. The van der Waals surface area contributed by atoms with Crippen LogP contribution in [-0.2, 0) is 9.53 Å². The van der Waals surface area contributed by atoms with Crippen molar-refractivity contribution in [2.75, 3.05) is 39.4 Å². The first kappa shape index (κ1) is 18.9. The molecule has 0 aromatic rings. The molecule has 114 valence electrons. The zero-order chi connectivity index (χ0) is 12.3. The molecule has 5 nitrogen and oxygen atoms in total. The van der Waals surface area contributed by atoms with Gasteiger partial charge in [0.1, 0.15) is 0 Å². The van der Waals surface area contributed by atoms with Crippen molar-refractivity contribution in [2.24, 2.45) is 5.73 Å². The Balaban J connectivity index is 0.00000162. The SMILES string of the molecule is CC[C@H](N)C(=O)N1CCC(N2CCOCC2)C1.Cl.Cl. The third-order valence-corrected chi connectivity index (χ3v) is 3.79. The van der Waals surface area contributed by atoms with Crippen LogP contribution in [0.25, 0.3) is 0 Å². The molecule has 0 aliphatic carbocycles. The van der Waals surface area contributed by atoms with Crippen molar-refractivity contribution in [3.05, 3.63) is 0 Å². The Bertz CT molecular complexity index is 276. The van der Waals surface area contributed by atoms with Crippen LogP contribution in [0.4, 0.5) is 0 Å². The summed E-state index contributed by atoms with van der Waals surface area (Å²) in [6.07, 6.45) is 1.79. The van der Waals surface area contributed by atoms with Crippen LogP contribution in [0.5, 0.6) is 0 Å². The summed E-state index contributed by atoms with van der Waals surface area (Å²) in [5.41, 5.74) is 5.80. The second-order valence-corrected chi connectivity index (χ2v) is 4.89. The smallest absolute Gasteiger partial charge is 0.239 e. The predicted molar refractivity (Wildman–Crippen MR) is 80.1 cm³/mol. The van der Waals surface area contributed by atoms with Gasteiger partial charge in [-0.05, 0) is 12.8 Å². The molecule has 0 aromatic heterocycles. The van der Waals surface area contributed by atoms with E-state index in [0.29, 0.717) is 6.04 Å². The molecule has 2 atom stereocenters. The van der Waals surface area contributed by atoms with Crippen LogP contribution < -0.4 is 5.73 Å². The van der Waals surface area contributed by atoms with E-state index in [2.05, 4.69) is 4.90 Å². The minimum atomic E-state index is -0.321. The summed E-state index contributed by atoms with van der Waals surface area (Å²) in [6.45, 7) is 7.27. The molecule has 0 saturated carbocycles. The standard InChI is InChI=1S/C12H23N3O2.2ClH/c1-2-11(13)12(16)15-4-3-10(9-15)14-5-7-17-8-6-14;;/h10-11H,2-9,13H2,1H3;2*1H/t10?,11-;;/m0../s1. The summed E-state index contributed by atoms with van der Waals surface area (Å²) in [7, 11) is 0. The molecule has 2 saturated heterocycles. The zero-order valence-corrected chi connectivity index (χ0v) is 13.0. The minimum Gasteiger partial charge on any atom is -0.379 e. The fraction of sp³-hybridized carbons (Fsp3) is 0.917. The molecule has 2 aliphatic rings. The van der Waals surface area contributed by atoms with Gasteiger partial charge in [-0.1, -0.05) is 6.92 Å². The first-order valence-corrected chi connectivity index (χ1v) is 6.58. The molecule has 2 rings (SSSR count). The van der Waals surface area contributed by atoms with Crippen LogP contribution >= 0.6 is 24.8 Å². The second-order valence-electron chi connectivity index (χ2n) is 4.89. The number of nitrogens with zero attached hydrogens (tertiary/aromatic N) is 2. The van der Waals surface area contributed by atoms with Crippen LogP contribution in [0.15, 0.2) is 0 Å². The van der Waals surface area contributed by atoms with Gasteiger partial charge in [-0.15, -0.1) is 24.8 Å². The van der Waals surface area contributed by atoms with E-state index in [0.717, 1.165) is 52.2 Å². The van der Waals surface area contributed by atoms with E-state index in [9.17, 15) is 4.79 Å². The van der Waals surface area contributed by atoms with Gasteiger partial charge in [-0.25, -0.2) is 0 Å². The lowest BCUT2D eigenvalue weighted by atomic mass is 10.2. The first-order chi connectivity index (χ1) is 8.22. The maximum atomic E-state index is 12.0. The molecule has 2 N–H and O–H groups in total. The zero-order valence-electron chi connectivity index (χ0n) is 11.4. The van der Waals surface area contributed by atoms with Crippen molar-refractivity contribution in [3.8, 4) is 0 Å². The molecule has 0 aromatic carbocycles. The fourth-order valence-electron chi connectivity index (χ4n) is 2.59. The van der Waals surface area contributed by atoms with Crippen LogP contribution in [0.1, 0.15) is 19.8 Å². The predicted octanol–water partition coefficient (Wildman–Crippen LogP) is 0.500. The Morgan fingerprint density at radius 3 is 2.53 bits per heavy atom. The summed E-state index contributed by atoms with van der Waals surface area (Å²) >= 11 is 0. The lowest BCUT2D eigenvalue weighted by Crippen LogP contribution is -2.47. The number of morpholine rings is 1. The number of rotatable bonds is 3. The van der Waals surface area contributed by atoms with Gasteiger partial charge in [-0.3, -0.25) is 9.69 Å². The molecular formula is C12H25Cl2N3O2. The number of hydrogen-bond acceptors (Lipinski definition) is 4. The van der Waals surface area contributed by atoms with Gasteiger partial charge < -0.3 is 15.4 Å². The Hall–Kier alpha value is -0.0700. The Kier molecular flexibility index (Phi) is 8.94. The number of likely N-dealkylation sites (tertiary alicyclic amines) is 1. The number of hydrogen-bond donors (Lipinski definition) is 1. The average molecular weight is 314 g/mol. The van der Waals surface area contributed by atoms with Crippen molar-refractivity contribution in [1.29, 1.82) is 0 Å². The van der Waals surface area contributed by atoms with E-state index >= 15 is 0 Å². The van der Waals surface area contributed by atoms with Crippen molar-refractivity contribution >= 4 is 30.7 Å². The highest BCUT2D eigenvalue weighted by Crippen LogP contribution is 2.17. The quantitative estimate of drug-likeness (QED) is 0.824. The van der Waals surface area contributed by atoms with Crippen LogP contribution in [0.2, 0.25) is 0 Å². The van der Waals surface area contributed by atoms with Gasteiger partial charge in [0.15, 0.2) is 0 Å². The van der Waals surface area contributed by atoms with E-state index in [1.165, 1.54) is 0 Å². The largest absolute Gasteiger partial charge is 0.379 e. The van der Waals surface area contributed by atoms with Crippen molar-refractivity contribution in [1.82, 2.24) is 9.80 Å². The van der Waals surface area contributed by atoms with Gasteiger partial charge in [-0.2, -0.15) is 0 Å². The van der Waals surface area contributed by atoms with Crippen molar-refractivity contribution < 1.29 is 9.53 Å². The van der Waals surface area contributed by atoms with Gasteiger partial charge in [0, 0.05) is 32.2 Å². The van der Waals surface area contributed by atoms with Crippen molar-refractivity contribution in [2.45, 2.75) is 31.8 Å². The molecule has 0 radical (unpaired) electrons. The normalized spacial score (nSPS) is 25.4. The third-order valence-electron chi connectivity index (χ3n) is 3.79. The molecule has 0 bridgehead atoms. The maximum absolute atomic E-state index is 12.0. The highest BCUT2D eigenvalue weighted by Gasteiger charge is 2.32. The summed E-state index contributed by atoms with van der Waals surface area (Å²) < 4.78 is 5.35. The number of amides is 1. The molecular weight excluding hydrogens is 289 g/mol. The van der Waals surface area contributed by atoms with Crippen molar-refractivity contribution in [3.63, 3.8) is 0 Å². The molecule has 2 heterocycles. The third kappa shape index (κ3) is 4.76. The Morgan fingerprint density at radius 2 is 1.95 bits per heavy atom. The molecule has 2 aliphatic heterocycles. The topological polar surface area (TPSA) is 58.8 Å². The van der Waals surface area contributed by atoms with E-state index in [4.69, 9.17) is 10.5 Å². The highest BCUT2D eigenvalue weighted by molar-refractivity contribution is 5.85. The number of halogens is 2. The van der Waals surface area contributed by atoms with E-state index in [1.807, 2.05) is 11.8 Å². The molecule has 1 amide bonds.